The minimum atomic E-state index is -0.517. The first-order chi connectivity index (χ1) is 9.49. The molecule has 0 radical (unpaired) electrons. The number of rotatable bonds is 3. The molecule has 0 fully saturated rings. The van der Waals surface area contributed by atoms with Crippen LogP contribution in [-0.2, 0) is 0 Å². The van der Waals surface area contributed by atoms with Gasteiger partial charge in [-0.1, -0.05) is 24.4 Å². The summed E-state index contributed by atoms with van der Waals surface area (Å²) in [4.78, 5) is 12.0. The third-order valence-electron chi connectivity index (χ3n) is 2.61. The van der Waals surface area contributed by atoms with Gasteiger partial charge in [0.25, 0.3) is 5.91 Å². The maximum Gasteiger partial charge on any atom is 0.256 e. The van der Waals surface area contributed by atoms with E-state index in [0.717, 1.165) is 0 Å². The molecule has 0 aromatic heterocycles. The van der Waals surface area contributed by atoms with Crippen molar-refractivity contribution in [2.24, 2.45) is 5.73 Å². The van der Waals surface area contributed by atoms with Crippen molar-refractivity contribution in [1.82, 2.24) is 0 Å². The molecule has 2 aromatic rings. The number of amides is 1. The van der Waals surface area contributed by atoms with E-state index < -0.39 is 5.82 Å². The molecule has 0 aliphatic carbocycles. The molecule has 0 atom stereocenters. The quantitative estimate of drug-likeness (QED) is 0.831. The van der Waals surface area contributed by atoms with Crippen molar-refractivity contribution in [3.63, 3.8) is 0 Å². The van der Waals surface area contributed by atoms with E-state index >= 15 is 0 Å². The van der Waals surface area contributed by atoms with E-state index in [2.05, 4.69) is 21.2 Å². The van der Waals surface area contributed by atoms with Gasteiger partial charge in [-0.2, -0.15) is 0 Å². The van der Waals surface area contributed by atoms with Crippen LogP contribution in [0.15, 0.2) is 46.9 Å². The average molecular weight is 353 g/mol. The number of nitrogens with one attached hydrogen (secondary N) is 1. The Balaban J connectivity index is 2.27. The first-order valence-corrected chi connectivity index (χ1v) is 6.84. The highest BCUT2D eigenvalue weighted by Crippen LogP contribution is 2.19. The number of benzene rings is 2. The van der Waals surface area contributed by atoms with Crippen LogP contribution in [0.2, 0.25) is 0 Å². The summed E-state index contributed by atoms with van der Waals surface area (Å²) >= 11 is 8.05. The summed E-state index contributed by atoms with van der Waals surface area (Å²) in [7, 11) is 0. The van der Waals surface area contributed by atoms with E-state index in [0.29, 0.717) is 15.7 Å². The second kappa shape index (κ2) is 6.11. The minimum absolute atomic E-state index is 0.0560. The number of carbonyl (C=O) groups is 1. The van der Waals surface area contributed by atoms with Crippen molar-refractivity contribution in [2.75, 3.05) is 5.32 Å². The largest absolute Gasteiger partial charge is 0.389 e. The molecule has 0 spiro atoms. The van der Waals surface area contributed by atoms with Crippen molar-refractivity contribution in [1.29, 1.82) is 0 Å². The van der Waals surface area contributed by atoms with E-state index in [-0.39, 0.29) is 16.5 Å². The molecule has 0 unspecified atom stereocenters. The Labute approximate surface area is 129 Å². The standard InChI is InChI=1S/C14H10BrFN2OS/c15-11-4-2-1-3-9(11)14(19)18-8-5-6-12(16)10(7-8)13(17)20/h1-7H,(H2,17,20)(H,18,19). The highest BCUT2D eigenvalue weighted by atomic mass is 79.9. The van der Waals surface area contributed by atoms with Gasteiger partial charge in [0.15, 0.2) is 0 Å². The first kappa shape index (κ1) is 14.6. The molecule has 0 bridgehead atoms. The normalized spacial score (nSPS) is 10.1. The molecule has 6 heteroatoms. The molecule has 102 valence electrons. The molecule has 2 rings (SSSR count). The maximum absolute atomic E-state index is 13.5. The number of hydrogen-bond acceptors (Lipinski definition) is 2. The molecular weight excluding hydrogens is 343 g/mol. The van der Waals surface area contributed by atoms with Gasteiger partial charge in [0.2, 0.25) is 0 Å². The third-order valence-corrected chi connectivity index (χ3v) is 3.52. The summed E-state index contributed by atoms with van der Waals surface area (Å²) in [5.41, 5.74) is 6.43. The van der Waals surface area contributed by atoms with E-state index in [9.17, 15) is 9.18 Å². The Morgan fingerprint density at radius 1 is 1.20 bits per heavy atom. The summed E-state index contributed by atoms with van der Waals surface area (Å²) in [6.45, 7) is 0. The Hall–Kier alpha value is -1.79. The van der Waals surface area contributed by atoms with Crippen LogP contribution >= 0.6 is 28.1 Å². The van der Waals surface area contributed by atoms with E-state index in [1.54, 1.807) is 18.2 Å². The van der Waals surface area contributed by atoms with Crippen LogP contribution in [0.25, 0.3) is 0 Å². The number of anilines is 1. The topological polar surface area (TPSA) is 55.1 Å². The van der Waals surface area contributed by atoms with Crippen LogP contribution in [0.3, 0.4) is 0 Å². The van der Waals surface area contributed by atoms with E-state index in [1.807, 2.05) is 6.07 Å². The van der Waals surface area contributed by atoms with Crippen molar-refractivity contribution in [3.8, 4) is 0 Å². The highest BCUT2D eigenvalue weighted by molar-refractivity contribution is 9.10. The molecule has 20 heavy (non-hydrogen) atoms. The Kier molecular flexibility index (Phi) is 4.46. The van der Waals surface area contributed by atoms with Crippen molar-refractivity contribution >= 4 is 44.7 Å². The number of halogens is 2. The second-order valence-electron chi connectivity index (χ2n) is 3.99. The summed E-state index contributed by atoms with van der Waals surface area (Å²) in [6.07, 6.45) is 0. The predicted molar refractivity (Wildman–Crippen MR) is 84.4 cm³/mol. The van der Waals surface area contributed by atoms with E-state index in [1.165, 1.54) is 18.2 Å². The van der Waals surface area contributed by atoms with Gasteiger partial charge < -0.3 is 11.1 Å². The molecule has 0 heterocycles. The smallest absolute Gasteiger partial charge is 0.256 e. The lowest BCUT2D eigenvalue weighted by atomic mass is 10.1. The third kappa shape index (κ3) is 3.20. The fraction of sp³-hybridized carbons (Fsp3) is 0. The lowest BCUT2D eigenvalue weighted by Gasteiger charge is -2.09. The number of carbonyl (C=O) groups excluding carboxylic acids is 1. The van der Waals surface area contributed by atoms with Gasteiger partial charge in [-0.25, -0.2) is 4.39 Å². The number of hydrogen-bond donors (Lipinski definition) is 2. The van der Waals surface area contributed by atoms with Gasteiger partial charge >= 0.3 is 0 Å². The van der Waals surface area contributed by atoms with Gasteiger partial charge in [-0.3, -0.25) is 4.79 Å². The molecule has 0 saturated heterocycles. The molecule has 0 saturated carbocycles. The monoisotopic (exact) mass is 352 g/mol. The van der Waals surface area contributed by atoms with Crippen LogP contribution in [-0.4, -0.2) is 10.9 Å². The van der Waals surface area contributed by atoms with Gasteiger partial charge in [0.05, 0.1) is 5.56 Å². The van der Waals surface area contributed by atoms with Crippen molar-refractivity contribution in [2.45, 2.75) is 0 Å². The van der Waals surface area contributed by atoms with Crippen LogP contribution in [0.1, 0.15) is 15.9 Å². The fourth-order valence-electron chi connectivity index (χ4n) is 1.64. The average Bonchev–Trinajstić information content (AvgIpc) is 2.41. The summed E-state index contributed by atoms with van der Waals surface area (Å²) < 4.78 is 14.1. The molecule has 3 nitrogen and oxygen atoms in total. The van der Waals surface area contributed by atoms with Gasteiger partial charge in [0.1, 0.15) is 10.8 Å². The second-order valence-corrected chi connectivity index (χ2v) is 5.29. The SMILES string of the molecule is NC(=S)c1cc(NC(=O)c2ccccc2Br)ccc1F. The van der Waals surface area contributed by atoms with Crippen LogP contribution in [0.5, 0.6) is 0 Å². The molecule has 0 aliphatic heterocycles. The zero-order valence-electron chi connectivity index (χ0n) is 10.2. The van der Waals surface area contributed by atoms with Gasteiger partial charge in [-0.05, 0) is 46.3 Å². The van der Waals surface area contributed by atoms with E-state index in [4.69, 9.17) is 18.0 Å². The summed E-state index contributed by atoms with van der Waals surface area (Å²) in [5, 5.41) is 2.67. The van der Waals surface area contributed by atoms with Gasteiger partial charge in [-0.15, -0.1) is 0 Å². The number of nitrogens with two attached hydrogens (primary N) is 1. The maximum atomic E-state index is 13.5. The van der Waals surface area contributed by atoms with Crippen LogP contribution in [0, 0.1) is 5.82 Å². The van der Waals surface area contributed by atoms with Crippen molar-refractivity contribution in [3.05, 3.63) is 63.9 Å². The fourth-order valence-corrected chi connectivity index (χ4v) is 2.26. The Morgan fingerprint density at radius 2 is 1.90 bits per heavy atom. The van der Waals surface area contributed by atoms with Crippen molar-refractivity contribution < 1.29 is 9.18 Å². The number of thiocarbonyl (C=S) groups is 1. The molecule has 1 amide bonds. The zero-order chi connectivity index (χ0) is 14.7. The molecule has 0 aliphatic rings. The summed E-state index contributed by atoms with van der Waals surface area (Å²) in [5.74, 6) is -0.825. The van der Waals surface area contributed by atoms with Crippen LogP contribution in [0.4, 0.5) is 10.1 Å². The first-order valence-electron chi connectivity index (χ1n) is 5.64. The molecular formula is C14H10BrFN2OS. The Morgan fingerprint density at radius 3 is 2.55 bits per heavy atom. The lowest BCUT2D eigenvalue weighted by Crippen LogP contribution is -2.15. The highest BCUT2D eigenvalue weighted by Gasteiger charge is 2.11. The van der Waals surface area contributed by atoms with Crippen LogP contribution < -0.4 is 11.1 Å². The van der Waals surface area contributed by atoms with Gasteiger partial charge in [0, 0.05) is 15.7 Å². The predicted octanol–water partition coefficient (Wildman–Crippen LogP) is 3.47. The zero-order valence-corrected chi connectivity index (χ0v) is 12.6. The molecule has 2 aromatic carbocycles. The molecule has 3 N–H and O–H groups in total. The Bertz CT molecular complexity index is 691. The minimum Gasteiger partial charge on any atom is -0.389 e. The summed E-state index contributed by atoms with van der Waals surface area (Å²) in [6, 6.07) is 11.1. The lowest BCUT2D eigenvalue weighted by molar-refractivity contribution is 0.102.